The molecule has 3 aliphatic rings. The fourth-order valence-electron chi connectivity index (χ4n) is 4.34. The van der Waals surface area contributed by atoms with E-state index in [1.165, 1.54) is 4.68 Å². The minimum atomic E-state index is -0.272. The topological polar surface area (TPSA) is 89.7 Å². The summed E-state index contributed by atoms with van der Waals surface area (Å²) in [5, 5.41) is 4.50. The van der Waals surface area contributed by atoms with E-state index in [1.807, 2.05) is 18.2 Å². The van der Waals surface area contributed by atoms with Gasteiger partial charge in [-0.25, -0.2) is 0 Å². The second-order valence-electron chi connectivity index (χ2n) is 8.47. The predicted molar refractivity (Wildman–Crippen MR) is 130 cm³/mol. The molecule has 0 spiro atoms. The first-order valence-electron chi connectivity index (χ1n) is 11.3. The Morgan fingerprint density at radius 3 is 2.11 bits per heavy atom. The van der Waals surface area contributed by atoms with Crippen LogP contribution in [0.4, 0.5) is 0 Å². The van der Waals surface area contributed by atoms with Gasteiger partial charge >= 0.3 is 0 Å². The number of para-hydroxylation sites is 1. The Morgan fingerprint density at radius 2 is 1.49 bits per heavy atom. The van der Waals surface area contributed by atoms with Crippen LogP contribution in [0.15, 0.2) is 71.8 Å². The molecule has 2 aromatic rings. The molecule has 5 rings (SSSR count). The Morgan fingerprint density at radius 1 is 0.857 bits per heavy atom. The summed E-state index contributed by atoms with van der Waals surface area (Å²) in [5.41, 5.74) is 2.07. The van der Waals surface area contributed by atoms with Crippen molar-refractivity contribution in [3.8, 4) is 22.7 Å². The van der Waals surface area contributed by atoms with Crippen LogP contribution in [-0.2, 0) is 7.05 Å². The Labute approximate surface area is 202 Å². The molecular weight excluding hydrogens is 446 g/mol. The van der Waals surface area contributed by atoms with E-state index in [4.69, 9.17) is 4.74 Å². The van der Waals surface area contributed by atoms with Crippen molar-refractivity contribution in [2.75, 3.05) is 33.3 Å². The number of ether oxygens (including phenoxy) is 1. The van der Waals surface area contributed by atoms with Crippen molar-refractivity contribution in [1.82, 2.24) is 24.1 Å². The highest BCUT2D eigenvalue weighted by atomic mass is 16.5. The number of amides is 2. The predicted octanol–water partition coefficient (Wildman–Crippen LogP) is 2.28. The Bertz CT molecular complexity index is 1400. The van der Waals surface area contributed by atoms with Crippen molar-refractivity contribution in [2.24, 2.45) is 7.05 Å². The molecule has 2 amide bonds. The third kappa shape index (κ3) is 4.16. The van der Waals surface area contributed by atoms with Crippen LogP contribution in [0, 0.1) is 0 Å². The van der Waals surface area contributed by atoms with E-state index >= 15 is 0 Å². The van der Waals surface area contributed by atoms with E-state index in [0.29, 0.717) is 60.0 Å². The molecule has 35 heavy (non-hydrogen) atoms. The third-order valence-electron chi connectivity index (χ3n) is 6.22. The van der Waals surface area contributed by atoms with E-state index in [0.717, 1.165) is 0 Å². The summed E-state index contributed by atoms with van der Waals surface area (Å²) in [7, 11) is 3.36. The number of carbonyl (C=O) groups is 2. The van der Waals surface area contributed by atoms with Gasteiger partial charge in [0, 0.05) is 51.2 Å². The number of piperazine rings is 1. The van der Waals surface area contributed by atoms with Crippen LogP contribution >= 0.6 is 0 Å². The van der Waals surface area contributed by atoms with Gasteiger partial charge in [0.05, 0.1) is 23.9 Å². The number of carbonyl (C=O) groups excluding carboxylic acids is 2. The number of benzene rings is 2. The van der Waals surface area contributed by atoms with E-state index in [2.05, 4.69) is 5.10 Å². The second-order valence-corrected chi connectivity index (χ2v) is 8.47. The molecule has 1 saturated heterocycles. The molecule has 3 aliphatic heterocycles. The smallest absolute Gasteiger partial charge is 0.282 e. The first-order valence-corrected chi connectivity index (χ1v) is 11.3. The number of pyridine rings is 1. The van der Waals surface area contributed by atoms with Crippen molar-refractivity contribution >= 4 is 11.8 Å². The molecular formula is C26H25N5O4. The molecule has 0 aliphatic carbocycles. The fraction of sp³-hybridized carbons (Fsp3) is 0.231. The number of hydrogen-bond donors (Lipinski definition) is 0. The number of methoxy groups -OCH3 is 1. The van der Waals surface area contributed by atoms with Crippen molar-refractivity contribution in [2.45, 2.75) is 0 Å². The minimum Gasteiger partial charge on any atom is -0.497 e. The van der Waals surface area contributed by atoms with E-state index in [1.54, 1.807) is 77.3 Å². The number of rotatable bonds is 4. The minimum absolute atomic E-state index is 0.0779. The SMILES string of the molecule is COc1ccc(C(=O)N2CCN(C(=O)c3cn(C)cc4c(=O)n(-c5ccccc5)nc3-4)CC2)cc1. The van der Waals surface area contributed by atoms with Crippen molar-refractivity contribution < 1.29 is 14.3 Å². The molecule has 0 radical (unpaired) electrons. The summed E-state index contributed by atoms with van der Waals surface area (Å²) >= 11 is 0. The Kier molecular flexibility index (Phi) is 5.82. The van der Waals surface area contributed by atoms with E-state index in [-0.39, 0.29) is 17.4 Å². The molecule has 0 aromatic heterocycles. The number of fused-ring (bicyclic) bond motifs is 1. The Balaban J connectivity index is 1.36. The maximum Gasteiger partial charge on any atom is 0.282 e. The van der Waals surface area contributed by atoms with E-state index < -0.39 is 0 Å². The number of aromatic nitrogens is 3. The lowest BCUT2D eigenvalue weighted by Gasteiger charge is -2.35. The highest BCUT2D eigenvalue weighted by Gasteiger charge is 2.30. The molecule has 0 unspecified atom stereocenters. The van der Waals surface area contributed by atoms with Crippen LogP contribution in [0.1, 0.15) is 20.7 Å². The lowest BCUT2D eigenvalue weighted by Crippen LogP contribution is -2.50. The zero-order chi connectivity index (χ0) is 24.5. The molecule has 9 heteroatoms. The van der Waals surface area contributed by atoms with Gasteiger partial charge in [-0.05, 0) is 36.4 Å². The van der Waals surface area contributed by atoms with Gasteiger partial charge in [-0.15, -0.1) is 0 Å². The van der Waals surface area contributed by atoms with Crippen molar-refractivity contribution in [1.29, 1.82) is 0 Å². The summed E-state index contributed by atoms with van der Waals surface area (Å²) < 4.78 is 8.18. The summed E-state index contributed by atoms with van der Waals surface area (Å²) in [6.45, 7) is 1.63. The fourth-order valence-corrected chi connectivity index (χ4v) is 4.34. The summed E-state index contributed by atoms with van der Waals surface area (Å²) in [6.07, 6.45) is 3.38. The molecule has 9 nitrogen and oxygen atoms in total. The average molecular weight is 472 g/mol. The average Bonchev–Trinajstić information content (AvgIpc) is 3.24. The summed E-state index contributed by atoms with van der Waals surface area (Å²) in [4.78, 5) is 42.8. The van der Waals surface area contributed by atoms with Crippen LogP contribution in [0.5, 0.6) is 5.75 Å². The lowest BCUT2D eigenvalue weighted by molar-refractivity contribution is 0.0535. The highest BCUT2D eigenvalue weighted by Crippen LogP contribution is 2.24. The van der Waals surface area contributed by atoms with Crippen LogP contribution in [0.3, 0.4) is 0 Å². The van der Waals surface area contributed by atoms with Gasteiger partial charge in [-0.2, -0.15) is 9.78 Å². The maximum absolute atomic E-state index is 13.5. The van der Waals surface area contributed by atoms with Crippen molar-refractivity contribution in [3.05, 3.63) is 88.5 Å². The molecule has 178 valence electrons. The zero-order valence-electron chi connectivity index (χ0n) is 19.5. The lowest BCUT2D eigenvalue weighted by atomic mass is 10.1. The monoisotopic (exact) mass is 471 g/mol. The standard InChI is InChI=1S/C26H25N5O4/c1-28-16-21(23-22(17-28)26(34)31(27-23)19-6-4-3-5-7-19)25(33)30-14-12-29(13-15-30)24(32)18-8-10-20(35-2)11-9-18/h3-11,16-17H,12-15H2,1-2H3. The van der Waals surface area contributed by atoms with Gasteiger partial charge in [0.1, 0.15) is 11.4 Å². The van der Waals surface area contributed by atoms with Gasteiger partial charge in [0.15, 0.2) is 0 Å². The van der Waals surface area contributed by atoms with Crippen molar-refractivity contribution in [3.63, 3.8) is 0 Å². The van der Waals surface area contributed by atoms with Gasteiger partial charge in [-0.3, -0.25) is 14.4 Å². The molecule has 1 fully saturated rings. The normalized spacial score (nSPS) is 13.8. The molecule has 0 atom stereocenters. The van der Waals surface area contributed by atoms with Gasteiger partial charge in [0.25, 0.3) is 17.4 Å². The Hall–Kier alpha value is -4.40. The molecule has 3 heterocycles. The quantitative estimate of drug-likeness (QED) is 0.456. The third-order valence-corrected chi connectivity index (χ3v) is 6.22. The van der Waals surface area contributed by atoms with Gasteiger partial charge in [0.2, 0.25) is 0 Å². The molecule has 2 aromatic carbocycles. The summed E-state index contributed by atoms with van der Waals surface area (Å²) in [6, 6.07) is 16.1. The molecule has 0 bridgehead atoms. The molecule has 0 saturated carbocycles. The van der Waals surface area contributed by atoms with Gasteiger partial charge in [-0.1, -0.05) is 18.2 Å². The number of hydrogen-bond acceptors (Lipinski definition) is 5. The van der Waals surface area contributed by atoms with Crippen LogP contribution in [-0.4, -0.2) is 69.3 Å². The van der Waals surface area contributed by atoms with Crippen LogP contribution in [0.2, 0.25) is 0 Å². The summed E-state index contributed by atoms with van der Waals surface area (Å²) in [5.74, 6) is 0.404. The molecule has 0 N–H and O–H groups in total. The highest BCUT2D eigenvalue weighted by molar-refractivity contribution is 6.00. The van der Waals surface area contributed by atoms with Gasteiger partial charge < -0.3 is 19.1 Å². The van der Waals surface area contributed by atoms with Crippen LogP contribution in [0.25, 0.3) is 16.9 Å². The second kappa shape index (κ2) is 9.09. The largest absolute Gasteiger partial charge is 0.497 e. The first kappa shape index (κ1) is 22.4. The zero-order valence-corrected chi connectivity index (χ0v) is 19.5. The van der Waals surface area contributed by atoms with Crippen LogP contribution < -0.4 is 10.3 Å². The maximum atomic E-state index is 13.5. The first-order chi connectivity index (χ1) is 17.0. The van der Waals surface area contributed by atoms with E-state index in [9.17, 15) is 14.4 Å². The number of nitrogens with zero attached hydrogens (tertiary/aromatic N) is 5. The number of aryl methyl sites for hydroxylation is 1.